The van der Waals surface area contributed by atoms with Crippen LogP contribution in [-0.2, 0) is 9.53 Å². The molecule has 138 valence electrons. The number of unbranched alkanes of at least 4 members (excludes halogenated alkanes) is 4. The fraction of sp³-hybridized carbons (Fsp3) is 0.381. The molecule has 1 N–H and O–H groups in total. The fourth-order valence-corrected chi connectivity index (χ4v) is 2.91. The van der Waals surface area contributed by atoms with Crippen molar-refractivity contribution in [1.82, 2.24) is 10.3 Å². The summed E-state index contributed by atoms with van der Waals surface area (Å²) in [5.74, 6) is -0.700. The monoisotopic (exact) mass is 354 g/mol. The lowest BCUT2D eigenvalue weighted by molar-refractivity contribution is -0.143. The highest BCUT2D eigenvalue weighted by atomic mass is 16.5. The summed E-state index contributed by atoms with van der Waals surface area (Å²) in [6.45, 7) is 3.71. The van der Waals surface area contributed by atoms with E-state index < -0.39 is 12.0 Å². The Kier molecular flexibility index (Phi) is 7.80. The molecule has 1 aromatic carbocycles. The molecule has 0 aliphatic heterocycles. The molecule has 1 amide bonds. The number of benzene rings is 1. The maximum Gasteiger partial charge on any atom is 0.328 e. The van der Waals surface area contributed by atoms with E-state index in [4.69, 9.17) is 4.74 Å². The van der Waals surface area contributed by atoms with Crippen LogP contribution in [0.3, 0.4) is 0 Å². The van der Waals surface area contributed by atoms with Gasteiger partial charge in [-0.25, -0.2) is 4.79 Å². The molecule has 5 nitrogen and oxygen atoms in total. The number of ether oxygens (including phenoxy) is 1. The number of allylic oxidation sites excluding steroid dienone is 1. The van der Waals surface area contributed by atoms with Crippen LogP contribution >= 0.6 is 0 Å². The van der Waals surface area contributed by atoms with Crippen molar-refractivity contribution in [3.8, 4) is 0 Å². The van der Waals surface area contributed by atoms with Crippen LogP contribution < -0.4 is 5.32 Å². The first-order valence-corrected chi connectivity index (χ1v) is 9.00. The van der Waals surface area contributed by atoms with E-state index in [0.29, 0.717) is 12.0 Å². The van der Waals surface area contributed by atoms with Crippen LogP contribution in [0.5, 0.6) is 0 Å². The third-order valence-electron chi connectivity index (χ3n) is 4.34. The molecule has 5 heteroatoms. The Bertz CT molecular complexity index is 753. The van der Waals surface area contributed by atoms with Gasteiger partial charge in [0.1, 0.15) is 6.04 Å². The third-order valence-corrected chi connectivity index (χ3v) is 4.34. The van der Waals surface area contributed by atoms with E-state index in [9.17, 15) is 9.59 Å². The molecular formula is C21H26N2O3. The number of methoxy groups -OCH3 is 1. The fourth-order valence-electron chi connectivity index (χ4n) is 2.91. The van der Waals surface area contributed by atoms with Crippen LogP contribution in [0, 0.1) is 0 Å². The molecule has 0 bridgehead atoms. The van der Waals surface area contributed by atoms with Gasteiger partial charge in [0.2, 0.25) is 0 Å². The molecule has 0 saturated heterocycles. The Morgan fingerprint density at radius 2 is 1.96 bits per heavy atom. The third kappa shape index (κ3) is 5.41. The van der Waals surface area contributed by atoms with Gasteiger partial charge in [0, 0.05) is 11.6 Å². The first-order chi connectivity index (χ1) is 12.7. The van der Waals surface area contributed by atoms with Gasteiger partial charge < -0.3 is 10.1 Å². The van der Waals surface area contributed by atoms with Gasteiger partial charge >= 0.3 is 5.97 Å². The van der Waals surface area contributed by atoms with E-state index >= 15 is 0 Å². The van der Waals surface area contributed by atoms with Gasteiger partial charge in [-0.3, -0.25) is 9.78 Å². The van der Waals surface area contributed by atoms with Gasteiger partial charge in [-0.2, -0.15) is 0 Å². The molecule has 2 rings (SSSR count). The molecule has 1 heterocycles. The van der Waals surface area contributed by atoms with Crippen molar-refractivity contribution in [3.05, 3.63) is 54.7 Å². The Morgan fingerprint density at radius 3 is 2.73 bits per heavy atom. The average Bonchev–Trinajstić information content (AvgIpc) is 2.68. The Morgan fingerprint density at radius 1 is 1.19 bits per heavy atom. The zero-order valence-electron chi connectivity index (χ0n) is 15.2. The minimum atomic E-state index is -0.640. The van der Waals surface area contributed by atoms with Crippen LogP contribution in [0.2, 0.25) is 0 Å². The number of para-hydroxylation sites is 1. The summed E-state index contributed by atoms with van der Waals surface area (Å²) in [6, 6.07) is 8.47. The number of hydrogen-bond donors (Lipinski definition) is 1. The first-order valence-electron chi connectivity index (χ1n) is 9.00. The molecule has 2 aromatic rings. The summed E-state index contributed by atoms with van der Waals surface area (Å²) in [7, 11) is 1.34. The number of rotatable bonds is 10. The average molecular weight is 354 g/mol. The molecule has 0 aliphatic carbocycles. The number of carbonyl (C=O) groups excluding carboxylic acids is 2. The molecule has 1 aromatic heterocycles. The summed E-state index contributed by atoms with van der Waals surface area (Å²) in [4.78, 5) is 29.0. The minimum absolute atomic E-state index is 0.286. The van der Waals surface area contributed by atoms with Crippen LogP contribution in [0.15, 0.2) is 49.2 Å². The van der Waals surface area contributed by atoms with Crippen LogP contribution in [0.1, 0.15) is 48.9 Å². The standard InChI is InChI=1S/C21H26N2O3/c1-3-4-5-6-7-8-13-19(21(25)26-2)23-20(24)17-14-15-22-18-12-10-9-11-16(17)18/h3,9-12,14-15,19H,1,4-8,13H2,2H3,(H,23,24)/t19-/m0/s1. The highest BCUT2D eigenvalue weighted by molar-refractivity contribution is 6.07. The maximum atomic E-state index is 12.7. The number of hydrogen-bond acceptors (Lipinski definition) is 4. The van der Waals surface area contributed by atoms with Gasteiger partial charge in [-0.05, 0) is 31.4 Å². The van der Waals surface area contributed by atoms with Crippen LogP contribution in [0.4, 0.5) is 0 Å². The lowest BCUT2D eigenvalue weighted by Gasteiger charge is -2.17. The predicted molar refractivity (Wildman–Crippen MR) is 103 cm³/mol. The van der Waals surface area contributed by atoms with E-state index in [1.165, 1.54) is 7.11 Å². The van der Waals surface area contributed by atoms with Crippen molar-refractivity contribution in [3.63, 3.8) is 0 Å². The summed E-state index contributed by atoms with van der Waals surface area (Å²) < 4.78 is 4.85. The summed E-state index contributed by atoms with van der Waals surface area (Å²) in [5, 5.41) is 3.59. The molecule has 0 fully saturated rings. The Labute approximate surface area is 154 Å². The van der Waals surface area contributed by atoms with Crippen molar-refractivity contribution >= 4 is 22.8 Å². The van der Waals surface area contributed by atoms with Crippen molar-refractivity contribution in [2.45, 2.75) is 44.6 Å². The number of carbonyl (C=O) groups is 2. The number of nitrogens with zero attached hydrogens (tertiary/aromatic N) is 1. The molecule has 0 unspecified atom stereocenters. The number of pyridine rings is 1. The predicted octanol–water partition coefficient (Wildman–Crippen LogP) is 4.03. The van der Waals surface area contributed by atoms with Gasteiger partial charge in [0.05, 0.1) is 18.2 Å². The zero-order chi connectivity index (χ0) is 18.8. The zero-order valence-corrected chi connectivity index (χ0v) is 15.2. The van der Waals surface area contributed by atoms with Gasteiger partial charge in [0.25, 0.3) is 5.91 Å². The second kappa shape index (κ2) is 10.3. The molecule has 0 spiro atoms. The van der Waals surface area contributed by atoms with Crippen LogP contribution in [-0.4, -0.2) is 30.0 Å². The number of aromatic nitrogens is 1. The molecule has 0 saturated carbocycles. The summed E-state index contributed by atoms with van der Waals surface area (Å²) in [5.41, 5.74) is 1.26. The lowest BCUT2D eigenvalue weighted by Crippen LogP contribution is -2.41. The quantitative estimate of drug-likeness (QED) is 0.397. The van der Waals surface area contributed by atoms with Gasteiger partial charge in [0.15, 0.2) is 0 Å². The normalized spacial score (nSPS) is 11.7. The second-order valence-corrected chi connectivity index (χ2v) is 6.21. The van der Waals surface area contributed by atoms with Crippen molar-refractivity contribution in [2.24, 2.45) is 0 Å². The van der Waals surface area contributed by atoms with E-state index in [-0.39, 0.29) is 5.91 Å². The van der Waals surface area contributed by atoms with Crippen molar-refractivity contribution in [2.75, 3.05) is 7.11 Å². The van der Waals surface area contributed by atoms with E-state index in [0.717, 1.165) is 43.0 Å². The molecule has 1 atom stereocenters. The highest BCUT2D eigenvalue weighted by Gasteiger charge is 2.22. The Hall–Kier alpha value is -2.69. The van der Waals surface area contributed by atoms with Crippen molar-refractivity contribution in [1.29, 1.82) is 0 Å². The maximum absolute atomic E-state index is 12.7. The molecule has 26 heavy (non-hydrogen) atoms. The highest BCUT2D eigenvalue weighted by Crippen LogP contribution is 2.17. The number of amides is 1. The topological polar surface area (TPSA) is 68.3 Å². The van der Waals surface area contributed by atoms with Crippen LogP contribution in [0.25, 0.3) is 10.9 Å². The van der Waals surface area contributed by atoms with E-state index in [1.54, 1.807) is 12.3 Å². The number of fused-ring (bicyclic) bond motifs is 1. The minimum Gasteiger partial charge on any atom is -0.467 e. The smallest absolute Gasteiger partial charge is 0.328 e. The van der Waals surface area contributed by atoms with Gasteiger partial charge in [-0.15, -0.1) is 6.58 Å². The summed E-state index contributed by atoms with van der Waals surface area (Å²) in [6.07, 6.45) is 9.14. The van der Waals surface area contributed by atoms with Gasteiger partial charge in [-0.1, -0.05) is 43.5 Å². The Balaban J connectivity index is 2.01. The van der Waals surface area contributed by atoms with Crippen molar-refractivity contribution < 1.29 is 14.3 Å². The molecule has 0 aliphatic rings. The summed E-state index contributed by atoms with van der Waals surface area (Å²) >= 11 is 0. The largest absolute Gasteiger partial charge is 0.467 e. The molecule has 0 radical (unpaired) electrons. The SMILES string of the molecule is C=CCCCCCC[C@H](NC(=O)c1ccnc2ccccc12)C(=O)OC. The molecular weight excluding hydrogens is 328 g/mol. The van der Waals surface area contributed by atoms with E-state index in [2.05, 4.69) is 16.9 Å². The number of nitrogens with one attached hydrogen (secondary N) is 1. The lowest BCUT2D eigenvalue weighted by atomic mass is 10.0. The van der Waals surface area contributed by atoms with E-state index in [1.807, 2.05) is 30.3 Å². The first kappa shape index (κ1) is 19.6. The number of esters is 1. The second-order valence-electron chi connectivity index (χ2n) is 6.21.